The van der Waals surface area contributed by atoms with Crippen molar-refractivity contribution in [3.05, 3.63) is 32.9 Å². The number of aliphatic carboxylic acids is 1. The molecule has 21 heteroatoms. The van der Waals surface area contributed by atoms with Crippen LogP contribution < -0.4 is 16.2 Å². The van der Waals surface area contributed by atoms with Crippen LogP contribution in [0.25, 0.3) is 0 Å². The van der Waals surface area contributed by atoms with Crippen LogP contribution in [0.3, 0.4) is 0 Å². The highest BCUT2D eigenvalue weighted by Crippen LogP contribution is 2.47. The van der Waals surface area contributed by atoms with Crippen LogP contribution in [0.2, 0.25) is 0 Å². The number of β-lactam (4-membered cyclic amide) rings is 1. The molecule has 2 aliphatic rings. The van der Waals surface area contributed by atoms with Gasteiger partial charge in [-0.1, -0.05) is 11.8 Å². The van der Waals surface area contributed by atoms with E-state index in [4.69, 9.17) is 9.26 Å². The summed E-state index contributed by atoms with van der Waals surface area (Å²) in [6, 6.07) is 0. The van der Waals surface area contributed by atoms with Crippen molar-refractivity contribution in [2.24, 2.45) is 7.05 Å². The van der Waals surface area contributed by atoms with Crippen LogP contribution in [0.5, 0.6) is 0 Å². The van der Waals surface area contributed by atoms with Crippen molar-refractivity contribution in [3.8, 4) is 0 Å². The van der Waals surface area contributed by atoms with E-state index in [1.54, 1.807) is 7.05 Å². The van der Waals surface area contributed by atoms with Crippen molar-refractivity contribution in [2.45, 2.75) is 21.5 Å². The average molecular weight is 619 g/mol. The molecule has 1 unspecified atom stereocenters. The lowest BCUT2D eigenvalue weighted by molar-refractivity contribution is -0.192. The van der Waals surface area contributed by atoms with Gasteiger partial charge in [0.15, 0.2) is 15.6 Å². The molecule has 4 N–H and O–H groups in total. The molecular weight excluding hydrogens is 596 g/mol. The Hall–Kier alpha value is -3.69. The van der Waals surface area contributed by atoms with Gasteiger partial charge in [-0.05, 0) is 16.0 Å². The van der Waals surface area contributed by atoms with Gasteiger partial charge >= 0.3 is 5.97 Å². The molecule has 40 heavy (non-hydrogen) atoms. The highest BCUT2D eigenvalue weighted by molar-refractivity contribution is 8.01. The van der Waals surface area contributed by atoms with E-state index in [-0.39, 0.29) is 17.2 Å². The summed E-state index contributed by atoms with van der Waals surface area (Å²) in [5.74, 6) is -5.29. The number of thioether (sulfide) groups is 2. The molecule has 3 amide bonds. The van der Waals surface area contributed by atoms with Crippen LogP contribution >= 0.6 is 23.5 Å². The number of ether oxygens (including phenoxy) is 1. The van der Waals surface area contributed by atoms with Gasteiger partial charge in [0.05, 0.1) is 0 Å². The molecular formula is C19H22N8O10S3. The lowest BCUT2D eigenvalue weighted by Gasteiger charge is -2.56. The second-order valence-corrected chi connectivity index (χ2v) is 12.6. The average Bonchev–Trinajstić information content (AvgIpc) is 3.48. The smallest absolute Gasteiger partial charge is 0.352 e. The van der Waals surface area contributed by atoms with Crippen molar-refractivity contribution in [1.29, 1.82) is 0 Å². The number of carbonyl (C=O) groups is 4. The van der Waals surface area contributed by atoms with E-state index in [1.165, 1.54) is 11.7 Å². The minimum Gasteiger partial charge on any atom is -0.477 e. The molecule has 0 saturated carbocycles. The fraction of sp³-hybridized carbons (Fsp3) is 0.474. The molecule has 2 aromatic heterocycles. The number of carboxylic acids is 1. The summed E-state index contributed by atoms with van der Waals surface area (Å²) in [4.78, 5) is 64.3. The van der Waals surface area contributed by atoms with E-state index < -0.39 is 66.8 Å². The SMILES string of the molecule is CNC(=O)c1c(C(C(=O)N[C@]2(OC)C(=O)N3C(C(=O)O)=C(CSc4nnnn4C)CS[C@H]32)S(C)(=O)=O)o[nH]c1=O. The lowest BCUT2D eigenvalue weighted by Crippen LogP contribution is -2.81. The monoisotopic (exact) mass is 618 g/mol. The van der Waals surface area contributed by atoms with Gasteiger partial charge in [0.1, 0.15) is 16.6 Å². The minimum atomic E-state index is -4.40. The summed E-state index contributed by atoms with van der Waals surface area (Å²) in [5.41, 5.74) is -3.93. The zero-order chi connectivity index (χ0) is 29.6. The Morgan fingerprint density at radius 1 is 1.38 bits per heavy atom. The molecule has 0 aromatic carbocycles. The normalized spacial score (nSPS) is 21.4. The topological polar surface area (TPSA) is 249 Å². The summed E-state index contributed by atoms with van der Waals surface area (Å²) in [6.07, 6.45) is 0.670. The van der Waals surface area contributed by atoms with E-state index in [0.717, 1.165) is 35.5 Å². The largest absolute Gasteiger partial charge is 0.477 e. The number of methoxy groups -OCH3 is 1. The number of carboxylic acid groups (broad SMARTS) is 1. The van der Waals surface area contributed by atoms with E-state index in [1.807, 2.05) is 5.16 Å². The first kappa shape index (κ1) is 29.3. The van der Waals surface area contributed by atoms with Crippen LogP contribution in [0, 0.1) is 0 Å². The first-order valence-electron chi connectivity index (χ1n) is 11.0. The molecule has 216 valence electrons. The quantitative estimate of drug-likeness (QED) is 0.121. The van der Waals surface area contributed by atoms with Crippen LogP contribution in [0.1, 0.15) is 21.4 Å². The maximum atomic E-state index is 13.4. The molecule has 4 rings (SSSR count). The third-order valence-corrected chi connectivity index (χ3v) is 9.74. The minimum absolute atomic E-state index is 0.109. The van der Waals surface area contributed by atoms with Crippen LogP contribution in [0.15, 0.2) is 25.7 Å². The van der Waals surface area contributed by atoms with Gasteiger partial charge in [-0.2, -0.15) is 5.16 Å². The molecule has 2 aliphatic heterocycles. The third-order valence-electron chi connectivity index (χ3n) is 5.99. The highest BCUT2D eigenvalue weighted by atomic mass is 32.2. The van der Waals surface area contributed by atoms with Crippen LogP contribution in [-0.2, 0) is 36.0 Å². The number of aromatic nitrogens is 5. The maximum absolute atomic E-state index is 13.4. The number of rotatable bonds is 10. The van der Waals surface area contributed by atoms with E-state index in [2.05, 4.69) is 26.2 Å². The van der Waals surface area contributed by atoms with Gasteiger partial charge in [0.2, 0.25) is 16.3 Å². The molecule has 1 saturated heterocycles. The van der Waals surface area contributed by atoms with Crippen molar-refractivity contribution >= 4 is 57.1 Å². The predicted molar refractivity (Wildman–Crippen MR) is 135 cm³/mol. The van der Waals surface area contributed by atoms with Crippen LogP contribution in [-0.4, -0.2) is 110 Å². The number of H-pyrrole nitrogens is 1. The Bertz CT molecular complexity index is 1590. The lowest BCUT2D eigenvalue weighted by atomic mass is 9.98. The summed E-state index contributed by atoms with van der Waals surface area (Å²) in [5, 5.41) is 24.3. The Balaban J connectivity index is 1.65. The number of aryl methyl sites for hydroxylation is 1. The number of nitrogens with zero attached hydrogens (tertiary/aromatic N) is 5. The summed E-state index contributed by atoms with van der Waals surface area (Å²) >= 11 is 2.22. The van der Waals surface area contributed by atoms with Crippen molar-refractivity contribution in [3.63, 3.8) is 0 Å². The Labute approximate surface area is 233 Å². The number of carbonyl (C=O) groups excluding carboxylic acids is 3. The van der Waals surface area contributed by atoms with Gasteiger partial charge in [0, 0.05) is 39.0 Å². The number of sulfone groups is 1. The number of aromatic amines is 1. The first-order chi connectivity index (χ1) is 18.8. The zero-order valence-electron chi connectivity index (χ0n) is 21.2. The van der Waals surface area contributed by atoms with Crippen LogP contribution in [0.4, 0.5) is 0 Å². The maximum Gasteiger partial charge on any atom is 0.352 e. The van der Waals surface area contributed by atoms with E-state index >= 15 is 0 Å². The second kappa shape index (κ2) is 10.7. The fourth-order valence-electron chi connectivity index (χ4n) is 4.15. The Kier molecular flexibility index (Phi) is 7.84. The molecule has 0 aliphatic carbocycles. The zero-order valence-corrected chi connectivity index (χ0v) is 23.6. The predicted octanol–water partition coefficient (Wildman–Crippen LogP) is -2.56. The summed E-state index contributed by atoms with van der Waals surface area (Å²) < 4.78 is 37.0. The number of hydrogen-bond donors (Lipinski definition) is 4. The van der Waals surface area contributed by atoms with Gasteiger partial charge in [-0.15, -0.1) is 16.9 Å². The number of nitrogens with one attached hydrogen (secondary N) is 3. The van der Waals surface area contributed by atoms with Gasteiger partial charge < -0.3 is 25.0 Å². The third kappa shape index (κ3) is 4.77. The number of fused-ring (bicyclic) bond motifs is 1. The Morgan fingerprint density at radius 3 is 2.62 bits per heavy atom. The van der Waals surface area contributed by atoms with E-state index in [9.17, 15) is 37.5 Å². The first-order valence-corrected chi connectivity index (χ1v) is 15.0. The fourth-order valence-corrected chi connectivity index (χ4v) is 7.58. The van der Waals surface area contributed by atoms with Gasteiger partial charge in [0.25, 0.3) is 23.1 Å². The Morgan fingerprint density at radius 2 is 2.08 bits per heavy atom. The highest BCUT2D eigenvalue weighted by Gasteiger charge is 2.67. The molecule has 2 aromatic rings. The van der Waals surface area contributed by atoms with Crippen molar-refractivity contribution in [1.82, 2.24) is 40.9 Å². The molecule has 18 nitrogen and oxygen atoms in total. The van der Waals surface area contributed by atoms with E-state index in [0.29, 0.717) is 17.0 Å². The molecule has 0 spiro atoms. The summed E-state index contributed by atoms with van der Waals surface area (Å²) in [7, 11) is -0.536. The molecule has 3 atom stereocenters. The van der Waals surface area contributed by atoms with Crippen molar-refractivity contribution in [2.75, 3.05) is 31.9 Å². The molecule has 4 heterocycles. The molecule has 1 fully saturated rings. The number of amides is 3. The summed E-state index contributed by atoms with van der Waals surface area (Å²) in [6.45, 7) is 0. The standard InChI is InChI=1S/C19H22N8O10S3/c1-20-12(28)8-10(37-23-13(8)29)11(40(4,34)35)14(30)21-19(36-3)16(33)27-9(15(31)32)7(5-38-17(19)27)6-39-18-22-24-25-26(18)2/h11,17H,5-6H2,1-4H3,(H,20,28)(H,21,30)(H,23,29)(H,31,32)/t11?,17-,19-/m0/s1. The molecule has 0 bridgehead atoms. The number of hydrogen-bond acceptors (Lipinski definition) is 14. The number of tetrazole rings is 1. The van der Waals surface area contributed by atoms with Gasteiger partial charge in [-0.25, -0.2) is 17.9 Å². The van der Waals surface area contributed by atoms with Gasteiger partial charge in [-0.3, -0.25) is 24.1 Å². The molecule has 0 radical (unpaired) electrons. The second-order valence-electron chi connectivity index (χ2n) is 8.46. The van der Waals surface area contributed by atoms with Crippen molar-refractivity contribution < 1.29 is 42.0 Å².